The molecule has 0 N–H and O–H groups in total. The highest BCUT2D eigenvalue weighted by molar-refractivity contribution is 5.90. The van der Waals surface area contributed by atoms with Gasteiger partial charge in [-0.3, -0.25) is 9.69 Å². The Balaban J connectivity index is 1.39. The van der Waals surface area contributed by atoms with Gasteiger partial charge in [-0.2, -0.15) is 0 Å². The summed E-state index contributed by atoms with van der Waals surface area (Å²) in [7, 11) is 1.67. The van der Waals surface area contributed by atoms with Gasteiger partial charge in [0.25, 0.3) is 0 Å². The molecule has 4 heterocycles. The van der Waals surface area contributed by atoms with E-state index in [1.54, 1.807) is 13.4 Å². The van der Waals surface area contributed by atoms with Crippen molar-refractivity contribution in [3.05, 3.63) is 54.0 Å². The summed E-state index contributed by atoms with van der Waals surface area (Å²) in [5.41, 5.74) is 0.854. The highest BCUT2D eigenvalue weighted by Crippen LogP contribution is 2.56. The fraction of sp³-hybridized carbons (Fsp3) is 0.476. The van der Waals surface area contributed by atoms with Gasteiger partial charge in [-0.1, -0.05) is 12.1 Å². The zero-order chi connectivity index (χ0) is 17.7. The van der Waals surface area contributed by atoms with Gasteiger partial charge in [-0.05, 0) is 49.1 Å². The summed E-state index contributed by atoms with van der Waals surface area (Å²) in [4.78, 5) is 18.0. The molecule has 3 fully saturated rings. The first kappa shape index (κ1) is 15.9. The van der Waals surface area contributed by atoms with Crippen molar-refractivity contribution in [1.29, 1.82) is 0 Å². The Bertz CT molecular complexity index is 801. The Kier molecular flexibility index (Phi) is 3.60. The summed E-state index contributed by atoms with van der Waals surface area (Å²) < 4.78 is 10.9. The number of nitrogens with zero attached hydrogens (tertiary/aromatic N) is 2. The van der Waals surface area contributed by atoms with Crippen molar-refractivity contribution in [2.75, 3.05) is 20.2 Å². The molecule has 5 heteroatoms. The number of hydrogen-bond donors (Lipinski definition) is 0. The van der Waals surface area contributed by atoms with Gasteiger partial charge in [-0.25, -0.2) is 0 Å². The number of likely N-dealkylation sites (tertiary alicyclic amines) is 1. The normalized spacial score (nSPS) is 30.7. The maximum Gasteiger partial charge on any atom is 0.243 e. The molecular weight excluding hydrogens is 328 g/mol. The van der Waals surface area contributed by atoms with Crippen LogP contribution in [0.1, 0.15) is 36.6 Å². The lowest BCUT2D eigenvalue weighted by Gasteiger charge is -2.32. The Morgan fingerprint density at radius 2 is 2.12 bits per heavy atom. The van der Waals surface area contributed by atoms with Gasteiger partial charge in [0, 0.05) is 25.6 Å². The van der Waals surface area contributed by atoms with E-state index >= 15 is 0 Å². The fourth-order valence-corrected chi connectivity index (χ4v) is 5.42. The van der Waals surface area contributed by atoms with Crippen molar-refractivity contribution in [2.45, 2.75) is 37.4 Å². The number of amides is 1. The van der Waals surface area contributed by atoms with Crippen LogP contribution < -0.4 is 4.74 Å². The zero-order valence-corrected chi connectivity index (χ0v) is 15.1. The lowest BCUT2D eigenvalue weighted by Crippen LogP contribution is -2.49. The van der Waals surface area contributed by atoms with Crippen LogP contribution >= 0.6 is 0 Å². The summed E-state index contributed by atoms with van der Waals surface area (Å²) in [6, 6.07) is 12.3. The Hall–Kier alpha value is -2.27. The monoisotopic (exact) mass is 352 g/mol. The van der Waals surface area contributed by atoms with E-state index in [4.69, 9.17) is 9.15 Å². The van der Waals surface area contributed by atoms with E-state index in [2.05, 4.69) is 28.0 Å². The number of carbonyl (C=O) groups is 1. The summed E-state index contributed by atoms with van der Waals surface area (Å²) in [5.74, 6) is 2.56. The SMILES string of the molecule is COc1ccc(CN2C[C@@H]3C[C@@H](c4ccco4)N4CCC[C@@]34C2=O)cc1. The number of furan rings is 1. The molecule has 26 heavy (non-hydrogen) atoms. The maximum absolute atomic E-state index is 13.5. The molecule has 5 nitrogen and oxygen atoms in total. The Morgan fingerprint density at radius 1 is 1.27 bits per heavy atom. The second-order valence-corrected chi connectivity index (χ2v) is 7.72. The molecule has 0 saturated carbocycles. The Labute approximate surface area is 153 Å². The van der Waals surface area contributed by atoms with Gasteiger partial charge in [0.15, 0.2) is 0 Å². The number of rotatable bonds is 4. The molecule has 1 aromatic heterocycles. The summed E-state index contributed by atoms with van der Waals surface area (Å²) >= 11 is 0. The molecule has 0 aliphatic carbocycles. The van der Waals surface area contributed by atoms with Crippen molar-refractivity contribution in [3.8, 4) is 5.75 Å². The molecule has 3 aliphatic heterocycles. The number of ether oxygens (including phenoxy) is 1. The predicted molar refractivity (Wildman–Crippen MR) is 96.6 cm³/mol. The third-order valence-corrected chi connectivity index (χ3v) is 6.53. The van der Waals surface area contributed by atoms with Crippen LogP contribution in [0.15, 0.2) is 47.1 Å². The molecular formula is C21H24N2O3. The first-order chi connectivity index (χ1) is 12.7. The van der Waals surface area contributed by atoms with E-state index in [9.17, 15) is 4.79 Å². The molecule has 3 aliphatic rings. The summed E-state index contributed by atoms with van der Waals surface area (Å²) in [6.07, 6.45) is 4.82. The van der Waals surface area contributed by atoms with E-state index < -0.39 is 0 Å². The van der Waals surface area contributed by atoms with Crippen LogP contribution in [0, 0.1) is 5.92 Å². The van der Waals surface area contributed by atoms with Crippen LogP contribution in [-0.4, -0.2) is 41.4 Å². The first-order valence-corrected chi connectivity index (χ1v) is 9.45. The third kappa shape index (κ3) is 2.16. The molecule has 0 unspecified atom stereocenters. The first-order valence-electron chi connectivity index (χ1n) is 9.45. The van der Waals surface area contributed by atoms with Gasteiger partial charge < -0.3 is 14.1 Å². The lowest BCUT2D eigenvalue weighted by molar-refractivity contribution is -0.137. The highest BCUT2D eigenvalue weighted by atomic mass is 16.5. The van der Waals surface area contributed by atoms with Crippen LogP contribution in [-0.2, 0) is 11.3 Å². The lowest BCUT2D eigenvalue weighted by atomic mass is 9.85. The van der Waals surface area contributed by atoms with E-state index in [1.807, 2.05) is 18.2 Å². The van der Waals surface area contributed by atoms with Crippen molar-refractivity contribution in [1.82, 2.24) is 9.80 Å². The van der Waals surface area contributed by atoms with Crippen LogP contribution in [0.5, 0.6) is 5.75 Å². The van der Waals surface area contributed by atoms with Crippen LogP contribution in [0.4, 0.5) is 0 Å². The minimum atomic E-state index is -0.302. The van der Waals surface area contributed by atoms with Crippen LogP contribution in [0.3, 0.4) is 0 Å². The van der Waals surface area contributed by atoms with Gasteiger partial charge in [0.2, 0.25) is 5.91 Å². The average molecular weight is 352 g/mol. The standard InChI is InChI=1S/C21H24N2O3/c1-25-17-7-5-15(6-8-17)13-22-14-16-12-18(19-4-2-11-26-19)23-10-3-9-21(16,23)20(22)24/h2,4-8,11,16,18H,3,9-10,12-14H2,1H3/t16-,18-,21-/m0/s1. The predicted octanol–water partition coefficient (Wildman–Crippen LogP) is 3.23. The molecule has 136 valence electrons. The topological polar surface area (TPSA) is 45.9 Å². The molecule has 1 spiro atoms. The minimum Gasteiger partial charge on any atom is -0.497 e. The van der Waals surface area contributed by atoms with Crippen molar-refractivity contribution < 1.29 is 13.9 Å². The number of methoxy groups -OCH3 is 1. The van der Waals surface area contributed by atoms with Crippen LogP contribution in [0.25, 0.3) is 0 Å². The fourth-order valence-electron chi connectivity index (χ4n) is 5.42. The van der Waals surface area contributed by atoms with Crippen molar-refractivity contribution in [2.24, 2.45) is 5.92 Å². The molecule has 1 amide bonds. The van der Waals surface area contributed by atoms with E-state index in [0.717, 1.165) is 49.4 Å². The van der Waals surface area contributed by atoms with E-state index in [1.165, 1.54) is 0 Å². The third-order valence-electron chi connectivity index (χ3n) is 6.53. The second-order valence-electron chi connectivity index (χ2n) is 7.72. The molecule has 1 aromatic carbocycles. The number of benzene rings is 1. The average Bonchev–Trinajstić information content (AvgIpc) is 3.41. The molecule has 0 radical (unpaired) electrons. The van der Waals surface area contributed by atoms with Gasteiger partial charge in [-0.15, -0.1) is 0 Å². The second kappa shape index (κ2) is 5.88. The van der Waals surface area contributed by atoms with Gasteiger partial charge >= 0.3 is 0 Å². The van der Waals surface area contributed by atoms with Gasteiger partial charge in [0.05, 0.1) is 19.4 Å². The van der Waals surface area contributed by atoms with Crippen molar-refractivity contribution in [3.63, 3.8) is 0 Å². The molecule has 0 bridgehead atoms. The zero-order valence-electron chi connectivity index (χ0n) is 15.1. The molecule has 2 aromatic rings. The van der Waals surface area contributed by atoms with E-state index in [0.29, 0.717) is 18.4 Å². The minimum absolute atomic E-state index is 0.254. The highest BCUT2D eigenvalue weighted by Gasteiger charge is 2.65. The van der Waals surface area contributed by atoms with Gasteiger partial charge in [0.1, 0.15) is 17.0 Å². The number of carbonyl (C=O) groups excluding carboxylic acids is 1. The summed E-state index contributed by atoms with van der Waals surface area (Å²) in [5, 5.41) is 0. The Morgan fingerprint density at radius 3 is 2.85 bits per heavy atom. The largest absolute Gasteiger partial charge is 0.497 e. The molecule has 3 saturated heterocycles. The quantitative estimate of drug-likeness (QED) is 0.848. The number of hydrogen-bond acceptors (Lipinski definition) is 4. The molecule has 3 atom stereocenters. The van der Waals surface area contributed by atoms with E-state index in [-0.39, 0.29) is 11.6 Å². The smallest absolute Gasteiger partial charge is 0.243 e. The molecule has 5 rings (SSSR count). The maximum atomic E-state index is 13.5. The van der Waals surface area contributed by atoms with Crippen LogP contribution in [0.2, 0.25) is 0 Å². The summed E-state index contributed by atoms with van der Waals surface area (Å²) in [6.45, 7) is 2.52. The van der Waals surface area contributed by atoms with Crippen molar-refractivity contribution >= 4 is 5.91 Å².